The second-order valence-corrected chi connectivity index (χ2v) is 5.17. The van der Waals surface area contributed by atoms with Crippen LogP contribution in [-0.2, 0) is 0 Å². The normalized spacial score (nSPS) is 10.5. The van der Waals surface area contributed by atoms with Gasteiger partial charge in [0.15, 0.2) is 5.78 Å². The fourth-order valence-corrected chi connectivity index (χ4v) is 2.11. The van der Waals surface area contributed by atoms with E-state index in [4.69, 9.17) is 4.74 Å². The van der Waals surface area contributed by atoms with Crippen LogP contribution < -0.4 is 4.74 Å². The van der Waals surface area contributed by atoms with Crippen molar-refractivity contribution in [2.45, 2.75) is 59.3 Å². The topological polar surface area (TPSA) is 26.3 Å². The first kappa shape index (κ1) is 15.7. The molecule has 2 heteroatoms. The van der Waals surface area contributed by atoms with Crippen LogP contribution in [0.5, 0.6) is 5.75 Å². The van der Waals surface area contributed by atoms with Crippen LogP contribution in [0, 0.1) is 6.92 Å². The lowest BCUT2D eigenvalue weighted by Crippen LogP contribution is -2.03. The van der Waals surface area contributed by atoms with Gasteiger partial charge in [-0.15, -0.1) is 0 Å². The smallest absolute Gasteiger partial charge is 0.163 e. The summed E-state index contributed by atoms with van der Waals surface area (Å²) in [6, 6.07) is 5.80. The molecule has 1 aromatic rings. The Bertz CT molecular complexity index is 396. The van der Waals surface area contributed by atoms with Crippen molar-refractivity contribution in [3.05, 3.63) is 29.3 Å². The molecule has 0 amide bonds. The number of rotatable bonds is 9. The van der Waals surface area contributed by atoms with Crippen LogP contribution in [0.3, 0.4) is 0 Å². The lowest BCUT2D eigenvalue weighted by molar-refractivity contribution is 0.101. The first-order valence-corrected chi connectivity index (χ1v) is 7.39. The van der Waals surface area contributed by atoms with Gasteiger partial charge in [0, 0.05) is 0 Å². The average Bonchev–Trinajstić information content (AvgIpc) is 2.39. The Hall–Kier alpha value is -1.31. The highest BCUT2D eigenvalue weighted by atomic mass is 16.5. The van der Waals surface area contributed by atoms with E-state index >= 15 is 0 Å². The third-order valence-corrected chi connectivity index (χ3v) is 3.27. The molecular formula is C17H26O2. The molecule has 0 radical (unpaired) electrons. The van der Waals surface area contributed by atoms with Crippen molar-refractivity contribution >= 4 is 5.78 Å². The molecule has 0 aliphatic heterocycles. The summed E-state index contributed by atoms with van der Waals surface area (Å²) in [6.45, 7) is 6.51. The number of carbonyl (C=O) groups excluding carboxylic acids is 1. The van der Waals surface area contributed by atoms with Gasteiger partial charge in [0.25, 0.3) is 0 Å². The van der Waals surface area contributed by atoms with Crippen molar-refractivity contribution in [1.82, 2.24) is 0 Å². The van der Waals surface area contributed by atoms with Crippen molar-refractivity contribution in [2.75, 3.05) is 6.61 Å². The number of Topliss-reactive ketones (excluding diaryl/α,β-unsaturated/α-hetero) is 1. The number of aryl methyl sites for hydroxylation is 1. The van der Waals surface area contributed by atoms with E-state index in [9.17, 15) is 4.79 Å². The Morgan fingerprint density at radius 1 is 1.11 bits per heavy atom. The van der Waals surface area contributed by atoms with Crippen LogP contribution in [-0.4, -0.2) is 12.4 Å². The molecule has 0 fully saturated rings. The SMILES string of the molecule is CCCCCCCCOc1ccc(C)cc1C(C)=O. The number of hydrogen-bond acceptors (Lipinski definition) is 2. The molecule has 0 aromatic heterocycles. The van der Waals surface area contributed by atoms with Crippen molar-refractivity contribution < 1.29 is 9.53 Å². The van der Waals surface area contributed by atoms with Gasteiger partial charge in [-0.05, 0) is 32.4 Å². The van der Waals surface area contributed by atoms with Gasteiger partial charge in [-0.25, -0.2) is 0 Å². The van der Waals surface area contributed by atoms with Crippen molar-refractivity contribution in [3.63, 3.8) is 0 Å². The van der Waals surface area contributed by atoms with Crippen LogP contribution in [0.2, 0.25) is 0 Å². The zero-order valence-electron chi connectivity index (χ0n) is 12.5. The number of hydrogen-bond donors (Lipinski definition) is 0. The number of benzene rings is 1. The van der Waals surface area contributed by atoms with E-state index in [1.807, 2.05) is 25.1 Å². The minimum absolute atomic E-state index is 0.0710. The molecule has 0 atom stereocenters. The minimum Gasteiger partial charge on any atom is -0.493 e. The minimum atomic E-state index is 0.0710. The summed E-state index contributed by atoms with van der Waals surface area (Å²) in [5.41, 5.74) is 1.79. The lowest BCUT2D eigenvalue weighted by Gasteiger charge is -2.10. The van der Waals surface area contributed by atoms with Gasteiger partial charge in [-0.2, -0.15) is 0 Å². The Kier molecular flexibility index (Phi) is 7.24. The second kappa shape index (κ2) is 8.73. The molecule has 0 aliphatic rings. The molecule has 0 heterocycles. The van der Waals surface area contributed by atoms with E-state index in [1.54, 1.807) is 6.92 Å². The summed E-state index contributed by atoms with van der Waals surface area (Å²) in [6.07, 6.45) is 7.48. The van der Waals surface area contributed by atoms with Gasteiger partial charge >= 0.3 is 0 Å². The van der Waals surface area contributed by atoms with Crippen LogP contribution in [0.15, 0.2) is 18.2 Å². The predicted molar refractivity (Wildman–Crippen MR) is 80.1 cm³/mol. The van der Waals surface area contributed by atoms with Crippen molar-refractivity contribution in [3.8, 4) is 5.75 Å². The molecule has 106 valence electrons. The highest BCUT2D eigenvalue weighted by molar-refractivity contribution is 5.97. The third kappa shape index (κ3) is 5.91. The van der Waals surface area contributed by atoms with Crippen LogP contribution >= 0.6 is 0 Å². The van der Waals surface area contributed by atoms with E-state index in [0.29, 0.717) is 12.2 Å². The van der Waals surface area contributed by atoms with E-state index in [1.165, 1.54) is 32.1 Å². The van der Waals surface area contributed by atoms with Gasteiger partial charge in [0.2, 0.25) is 0 Å². The Balaban J connectivity index is 2.35. The number of ketones is 1. The molecule has 2 nitrogen and oxygen atoms in total. The third-order valence-electron chi connectivity index (χ3n) is 3.27. The van der Waals surface area contributed by atoms with Gasteiger partial charge < -0.3 is 4.74 Å². The zero-order chi connectivity index (χ0) is 14.1. The highest BCUT2D eigenvalue weighted by Crippen LogP contribution is 2.21. The molecule has 0 bridgehead atoms. The molecule has 0 aliphatic carbocycles. The van der Waals surface area contributed by atoms with Crippen LogP contribution in [0.4, 0.5) is 0 Å². The lowest BCUT2D eigenvalue weighted by atomic mass is 10.1. The number of carbonyl (C=O) groups is 1. The van der Waals surface area contributed by atoms with Crippen molar-refractivity contribution in [2.24, 2.45) is 0 Å². The molecule has 1 rings (SSSR count). The van der Waals surface area contributed by atoms with E-state index in [0.717, 1.165) is 17.7 Å². The van der Waals surface area contributed by atoms with Crippen molar-refractivity contribution in [1.29, 1.82) is 0 Å². The molecule has 0 saturated heterocycles. The van der Waals surface area contributed by atoms with Crippen LogP contribution in [0.25, 0.3) is 0 Å². The molecular weight excluding hydrogens is 236 g/mol. The maximum Gasteiger partial charge on any atom is 0.163 e. The summed E-state index contributed by atoms with van der Waals surface area (Å²) in [5.74, 6) is 0.799. The van der Waals surface area contributed by atoms with E-state index in [-0.39, 0.29) is 5.78 Å². The molecule has 1 aromatic carbocycles. The summed E-state index contributed by atoms with van der Waals surface area (Å²) >= 11 is 0. The molecule has 19 heavy (non-hydrogen) atoms. The Morgan fingerprint density at radius 3 is 2.47 bits per heavy atom. The van der Waals surface area contributed by atoms with Gasteiger partial charge in [0.05, 0.1) is 12.2 Å². The average molecular weight is 262 g/mol. The predicted octanol–water partition coefficient (Wildman–Crippen LogP) is 4.94. The maximum absolute atomic E-state index is 11.5. The Labute approximate surface area is 117 Å². The van der Waals surface area contributed by atoms with E-state index in [2.05, 4.69) is 6.92 Å². The monoisotopic (exact) mass is 262 g/mol. The van der Waals surface area contributed by atoms with E-state index < -0.39 is 0 Å². The van der Waals surface area contributed by atoms with Crippen LogP contribution in [0.1, 0.15) is 68.3 Å². The summed E-state index contributed by atoms with van der Waals surface area (Å²) < 4.78 is 5.74. The number of unbranched alkanes of at least 4 members (excludes halogenated alkanes) is 5. The maximum atomic E-state index is 11.5. The Morgan fingerprint density at radius 2 is 1.79 bits per heavy atom. The first-order valence-electron chi connectivity index (χ1n) is 7.39. The summed E-state index contributed by atoms with van der Waals surface area (Å²) in [7, 11) is 0. The zero-order valence-corrected chi connectivity index (χ0v) is 12.5. The standard InChI is InChI=1S/C17H26O2/c1-4-5-6-7-8-9-12-19-17-11-10-14(2)13-16(17)15(3)18/h10-11,13H,4-9,12H2,1-3H3. The first-order chi connectivity index (χ1) is 9.15. The largest absolute Gasteiger partial charge is 0.493 e. The van der Waals surface area contributed by atoms with Gasteiger partial charge in [-0.1, -0.05) is 50.7 Å². The van der Waals surface area contributed by atoms with Gasteiger partial charge in [-0.3, -0.25) is 4.79 Å². The number of ether oxygens (including phenoxy) is 1. The molecule has 0 saturated carbocycles. The quantitative estimate of drug-likeness (QED) is 0.465. The summed E-state index contributed by atoms with van der Waals surface area (Å²) in [5, 5.41) is 0. The molecule has 0 unspecified atom stereocenters. The van der Waals surface area contributed by atoms with Gasteiger partial charge in [0.1, 0.15) is 5.75 Å². The fourth-order valence-electron chi connectivity index (χ4n) is 2.11. The molecule has 0 N–H and O–H groups in total. The highest BCUT2D eigenvalue weighted by Gasteiger charge is 2.08. The fraction of sp³-hybridized carbons (Fsp3) is 0.588. The second-order valence-electron chi connectivity index (χ2n) is 5.17. The molecule has 0 spiro atoms. The summed E-state index contributed by atoms with van der Waals surface area (Å²) in [4.78, 5) is 11.5.